The van der Waals surface area contributed by atoms with Crippen LogP contribution in [0.3, 0.4) is 0 Å². The first-order chi connectivity index (χ1) is 7.93. The third kappa shape index (κ3) is 4.02. The van der Waals surface area contributed by atoms with Crippen LogP contribution in [-0.4, -0.2) is 43.1 Å². The Bertz CT molecular complexity index is 341. The van der Waals surface area contributed by atoms with Gasteiger partial charge in [0.05, 0.1) is 0 Å². The van der Waals surface area contributed by atoms with Crippen LogP contribution in [0.1, 0.15) is 23.6 Å². The molecule has 1 aromatic carbocycles. The Labute approximate surface area is 105 Å². The van der Waals surface area contributed by atoms with Crippen molar-refractivity contribution in [2.45, 2.75) is 26.4 Å². The van der Waals surface area contributed by atoms with Crippen LogP contribution in [0.4, 0.5) is 0 Å². The summed E-state index contributed by atoms with van der Waals surface area (Å²) in [5.74, 6) is 0.449. The molecule has 0 saturated heterocycles. The second-order valence-electron chi connectivity index (χ2n) is 5.09. The molecule has 96 valence electrons. The molecule has 0 aliphatic carbocycles. The van der Waals surface area contributed by atoms with Gasteiger partial charge in [0.2, 0.25) is 0 Å². The SMILES string of the molecule is CCc1cc(CN(C)C)c(O)c(CN(C)C)c1. The van der Waals surface area contributed by atoms with Gasteiger partial charge in [0.25, 0.3) is 0 Å². The number of aromatic hydroxyl groups is 1. The predicted octanol–water partition coefficient (Wildman–Crippen LogP) is 2.08. The van der Waals surface area contributed by atoms with Crippen molar-refractivity contribution in [3.05, 3.63) is 28.8 Å². The van der Waals surface area contributed by atoms with E-state index in [0.717, 1.165) is 30.6 Å². The van der Waals surface area contributed by atoms with Crippen molar-refractivity contribution in [3.8, 4) is 5.75 Å². The van der Waals surface area contributed by atoms with E-state index in [1.165, 1.54) is 5.56 Å². The fourth-order valence-corrected chi connectivity index (χ4v) is 1.96. The number of phenolic OH excluding ortho intramolecular Hbond substituents is 1. The predicted molar refractivity (Wildman–Crippen MR) is 72.3 cm³/mol. The van der Waals surface area contributed by atoms with Gasteiger partial charge < -0.3 is 14.9 Å². The Hall–Kier alpha value is -1.06. The van der Waals surface area contributed by atoms with Gasteiger partial charge in [-0.05, 0) is 40.2 Å². The smallest absolute Gasteiger partial charge is 0.124 e. The minimum atomic E-state index is 0.449. The summed E-state index contributed by atoms with van der Waals surface area (Å²) in [6.07, 6.45) is 1.00. The molecule has 0 aromatic heterocycles. The molecule has 1 N–H and O–H groups in total. The van der Waals surface area contributed by atoms with E-state index >= 15 is 0 Å². The van der Waals surface area contributed by atoms with Crippen molar-refractivity contribution in [2.75, 3.05) is 28.2 Å². The first-order valence-electron chi connectivity index (χ1n) is 6.07. The second-order valence-corrected chi connectivity index (χ2v) is 5.09. The number of hydrogen-bond donors (Lipinski definition) is 1. The van der Waals surface area contributed by atoms with E-state index < -0.39 is 0 Å². The first kappa shape index (κ1) is 14.0. The minimum absolute atomic E-state index is 0.449. The molecule has 0 radical (unpaired) electrons. The molecule has 17 heavy (non-hydrogen) atoms. The Morgan fingerprint density at radius 1 is 0.941 bits per heavy atom. The van der Waals surface area contributed by atoms with Crippen LogP contribution in [0.25, 0.3) is 0 Å². The van der Waals surface area contributed by atoms with Crippen molar-refractivity contribution in [3.63, 3.8) is 0 Å². The molecule has 3 nitrogen and oxygen atoms in total. The van der Waals surface area contributed by atoms with Gasteiger partial charge in [-0.1, -0.05) is 19.1 Å². The van der Waals surface area contributed by atoms with Crippen LogP contribution >= 0.6 is 0 Å². The van der Waals surface area contributed by atoms with Crippen LogP contribution in [0.15, 0.2) is 12.1 Å². The lowest BCUT2D eigenvalue weighted by atomic mass is 10.0. The molecule has 1 aromatic rings. The normalized spacial score (nSPS) is 11.5. The number of aryl methyl sites for hydroxylation is 1. The highest BCUT2D eigenvalue weighted by atomic mass is 16.3. The lowest BCUT2D eigenvalue weighted by Crippen LogP contribution is -2.14. The summed E-state index contributed by atoms with van der Waals surface area (Å²) < 4.78 is 0. The Morgan fingerprint density at radius 3 is 1.65 bits per heavy atom. The molecule has 0 saturated carbocycles. The largest absolute Gasteiger partial charge is 0.507 e. The van der Waals surface area contributed by atoms with E-state index in [9.17, 15) is 5.11 Å². The fourth-order valence-electron chi connectivity index (χ4n) is 1.96. The molecular formula is C14H24N2O. The molecular weight excluding hydrogens is 212 g/mol. The second kappa shape index (κ2) is 6.03. The van der Waals surface area contributed by atoms with E-state index in [4.69, 9.17) is 0 Å². The molecule has 1 rings (SSSR count). The van der Waals surface area contributed by atoms with Crippen LogP contribution in [-0.2, 0) is 19.5 Å². The Kier molecular flexibility index (Phi) is 4.97. The Morgan fingerprint density at radius 2 is 1.35 bits per heavy atom. The van der Waals surface area contributed by atoms with E-state index in [-0.39, 0.29) is 0 Å². The summed E-state index contributed by atoms with van der Waals surface area (Å²) in [6, 6.07) is 4.21. The topological polar surface area (TPSA) is 26.7 Å². The molecule has 0 heterocycles. The summed E-state index contributed by atoms with van der Waals surface area (Å²) in [5, 5.41) is 10.3. The quantitative estimate of drug-likeness (QED) is 0.848. The van der Waals surface area contributed by atoms with Gasteiger partial charge in [-0.25, -0.2) is 0 Å². The molecule has 0 bridgehead atoms. The van der Waals surface area contributed by atoms with Gasteiger partial charge in [-0.3, -0.25) is 0 Å². The van der Waals surface area contributed by atoms with Crippen molar-refractivity contribution in [1.29, 1.82) is 0 Å². The number of nitrogens with zero attached hydrogens (tertiary/aromatic N) is 2. The van der Waals surface area contributed by atoms with Gasteiger partial charge in [-0.2, -0.15) is 0 Å². The van der Waals surface area contributed by atoms with Crippen molar-refractivity contribution >= 4 is 0 Å². The zero-order chi connectivity index (χ0) is 13.0. The summed E-state index contributed by atoms with van der Waals surface area (Å²) >= 11 is 0. The van der Waals surface area contributed by atoms with Crippen LogP contribution in [0, 0.1) is 0 Å². The van der Waals surface area contributed by atoms with E-state index in [2.05, 4.69) is 28.9 Å². The monoisotopic (exact) mass is 236 g/mol. The molecule has 3 heteroatoms. The molecule has 0 fully saturated rings. The lowest BCUT2D eigenvalue weighted by molar-refractivity contribution is 0.368. The summed E-state index contributed by atoms with van der Waals surface area (Å²) in [6.45, 7) is 3.70. The number of rotatable bonds is 5. The van der Waals surface area contributed by atoms with Gasteiger partial charge in [-0.15, -0.1) is 0 Å². The highest BCUT2D eigenvalue weighted by molar-refractivity contribution is 5.43. The molecule has 0 atom stereocenters. The standard InChI is InChI=1S/C14H24N2O/c1-6-11-7-12(9-15(2)3)14(17)13(8-11)10-16(4)5/h7-8,17H,6,9-10H2,1-5H3. The third-order valence-electron chi connectivity index (χ3n) is 2.71. The van der Waals surface area contributed by atoms with Crippen LogP contribution in [0.2, 0.25) is 0 Å². The number of hydrogen-bond acceptors (Lipinski definition) is 3. The number of phenols is 1. The summed E-state index contributed by atoms with van der Waals surface area (Å²) in [7, 11) is 8.07. The third-order valence-corrected chi connectivity index (χ3v) is 2.71. The maximum absolute atomic E-state index is 10.3. The van der Waals surface area contributed by atoms with E-state index in [0.29, 0.717) is 5.75 Å². The molecule has 0 amide bonds. The zero-order valence-electron chi connectivity index (χ0n) is 11.6. The van der Waals surface area contributed by atoms with Crippen molar-refractivity contribution < 1.29 is 5.11 Å². The zero-order valence-corrected chi connectivity index (χ0v) is 11.6. The Balaban J connectivity index is 3.11. The van der Waals surface area contributed by atoms with Crippen LogP contribution < -0.4 is 0 Å². The molecule has 0 aliphatic rings. The van der Waals surface area contributed by atoms with Crippen molar-refractivity contribution in [2.24, 2.45) is 0 Å². The van der Waals surface area contributed by atoms with Crippen molar-refractivity contribution in [1.82, 2.24) is 9.80 Å². The number of benzene rings is 1. The maximum atomic E-state index is 10.3. The maximum Gasteiger partial charge on any atom is 0.124 e. The van der Waals surface area contributed by atoms with Gasteiger partial charge in [0.15, 0.2) is 0 Å². The lowest BCUT2D eigenvalue weighted by Gasteiger charge is -2.18. The summed E-state index contributed by atoms with van der Waals surface area (Å²) in [4.78, 5) is 4.15. The van der Waals surface area contributed by atoms with E-state index in [1.807, 2.05) is 28.2 Å². The van der Waals surface area contributed by atoms with E-state index in [1.54, 1.807) is 0 Å². The van der Waals surface area contributed by atoms with Crippen LogP contribution in [0.5, 0.6) is 5.75 Å². The molecule has 0 spiro atoms. The average Bonchev–Trinajstić information content (AvgIpc) is 2.22. The molecule has 0 unspecified atom stereocenters. The highest BCUT2D eigenvalue weighted by Crippen LogP contribution is 2.26. The fraction of sp³-hybridized carbons (Fsp3) is 0.571. The average molecular weight is 236 g/mol. The summed E-state index contributed by atoms with van der Waals surface area (Å²) in [5.41, 5.74) is 3.33. The van der Waals surface area contributed by atoms with Gasteiger partial charge in [0, 0.05) is 24.2 Å². The van der Waals surface area contributed by atoms with Gasteiger partial charge >= 0.3 is 0 Å². The first-order valence-corrected chi connectivity index (χ1v) is 6.07. The van der Waals surface area contributed by atoms with Gasteiger partial charge in [0.1, 0.15) is 5.75 Å². The highest BCUT2D eigenvalue weighted by Gasteiger charge is 2.11. The minimum Gasteiger partial charge on any atom is -0.507 e. The molecule has 0 aliphatic heterocycles.